The third kappa shape index (κ3) is 2.87. The molecule has 3 aromatic heterocycles. The number of rotatable bonds is 2. The predicted octanol–water partition coefficient (Wildman–Crippen LogP) is 7.82. The van der Waals surface area contributed by atoms with E-state index in [4.69, 9.17) is 9.97 Å². The van der Waals surface area contributed by atoms with Gasteiger partial charge in [-0.05, 0) is 22.6 Å². The van der Waals surface area contributed by atoms with Crippen LogP contribution in [0.5, 0.6) is 0 Å². The number of fused-ring (bicyclic) bond motifs is 7. The summed E-state index contributed by atoms with van der Waals surface area (Å²) in [5, 5.41) is 5.61. The minimum Gasteiger partial charge on any atom is -0.254 e. The summed E-state index contributed by atoms with van der Waals surface area (Å²) in [6.45, 7) is 0. The van der Waals surface area contributed by atoms with E-state index in [0.29, 0.717) is 0 Å². The van der Waals surface area contributed by atoms with Crippen LogP contribution in [0, 0.1) is 0 Å². The van der Waals surface area contributed by atoms with E-state index in [1.165, 1.54) is 16.5 Å². The lowest BCUT2D eigenvalue weighted by atomic mass is 9.96. The molecule has 0 spiro atoms. The molecule has 0 bridgehead atoms. The topological polar surface area (TPSA) is 38.7 Å². The lowest BCUT2D eigenvalue weighted by Gasteiger charge is -2.13. The van der Waals surface area contributed by atoms with E-state index in [1.54, 1.807) is 0 Å². The Labute approximate surface area is 196 Å². The van der Waals surface area contributed by atoms with E-state index >= 15 is 0 Å². The van der Waals surface area contributed by atoms with Gasteiger partial charge in [0.05, 0.1) is 28.4 Å². The van der Waals surface area contributed by atoms with Gasteiger partial charge in [-0.2, -0.15) is 0 Å². The molecule has 0 aliphatic heterocycles. The summed E-state index contributed by atoms with van der Waals surface area (Å²) in [6.07, 6.45) is 3.71. The maximum Gasteiger partial charge on any atom is 0.0972 e. The monoisotopic (exact) mass is 433 g/mol. The first kappa shape index (κ1) is 18.9. The van der Waals surface area contributed by atoms with Gasteiger partial charge in [-0.1, -0.05) is 97.1 Å². The van der Waals surface area contributed by atoms with Crippen molar-refractivity contribution in [2.45, 2.75) is 0 Å². The number of hydrogen-bond donors (Lipinski definition) is 0. The summed E-state index contributed by atoms with van der Waals surface area (Å²) in [7, 11) is 0. The zero-order chi connectivity index (χ0) is 22.5. The number of hydrogen-bond acceptors (Lipinski definition) is 3. The number of aromatic nitrogens is 3. The fourth-order valence-electron chi connectivity index (χ4n) is 4.92. The molecule has 0 fully saturated rings. The van der Waals surface area contributed by atoms with E-state index in [9.17, 15) is 0 Å². The van der Waals surface area contributed by atoms with E-state index in [1.807, 2.05) is 24.5 Å². The van der Waals surface area contributed by atoms with Crippen molar-refractivity contribution in [1.82, 2.24) is 15.0 Å². The van der Waals surface area contributed by atoms with Gasteiger partial charge in [-0.15, -0.1) is 0 Å². The van der Waals surface area contributed by atoms with Gasteiger partial charge in [0.2, 0.25) is 0 Å². The second kappa shape index (κ2) is 7.46. The Bertz CT molecular complexity index is 1840. The molecule has 0 radical (unpaired) electrons. The van der Waals surface area contributed by atoms with Crippen LogP contribution in [0.2, 0.25) is 0 Å². The van der Waals surface area contributed by atoms with Gasteiger partial charge in [-0.25, -0.2) is 4.98 Å². The quantitative estimate of drug-likeness (QED) is 0.261. The van der Waals surface area contributed by atoms with Crippen LogP contribution in [0.4, 0.5) is 0 Å². The van der Waals surface area contributed by atoms with Crippen molar-refractivity contribution in [3.05, 3.63) is 116 Å². The highest BCUT2D eigenvalue weighted by Crippen LogP contribution is 2.37. The lowest BCUT2D eigenvalue weighted by Crippen LogP contribution is -1.93. The molecule has 34 heavy (non-hydrogen) atoms. The zero-order valence-corrected chi connectivity index (χ0v) is 18.3. The zero-order valence-electron chi connectivity index (χ0n) is 18.3. The largest absolute Gasteiger partial charge is 0.254 e. The molecule has 0 N–H and O–H groups in total. The average Bonchev–Trinajstić information content (AvgIpc) is 2.92. The van der Waals surface area contributed by atoms with E-state index in [-0.39, 0.29) is 0 Å². The standard InChI is InChI=1S/C31H19N3/c1-2-7-20(8-3-1)21-12-14-23(15-13-21)29-25-11-5-4-10-24(25)28-26-17-16-22-9-6-18-32-30(22)31(26)33-19-27(28)34-29/h1-19H. The molecule has 158 valence electrons. The van der Waals surface area contributed by atoms with Crippen LogP contribution in [0.3, 0.4) is 0 Å². The van der Waals surface area contributed by atoms with Crippen LogP contribution >= 0.6 is 0 Å². The SMILES string of the molecule is c1ccc(-c2ccc(-c3nc4cnc5c(ccc6cccnc65)c4c4ccccc34)cc2)cc1. The van der Waals surface area contributed by atoms with Gasteiger partial charge in [-0.3, -0.25) is 9.97 Å². The Morgan fingerprint density at radius 2 is 1.21 bits per heavy atom. The predicted molar refractivity (Wildman–Crippen MR) is 141 cm³/mol. The van der Waals surface area contributed by atoms with Crippen molar-refractivity contribution in [2.75, 3.05) is 0 Å². The number of benzene rings is 4. The first-order chi connectivity index (χ1) is 16.9. The molecule has 0 unspecified atom stereocenters. The lowest BCUT2D eigenvalue weighted by molar-refractivity contribution is 1.36. The van der Waals surface area contributed by atoms with Gasteiger partial charge in [0.25, 0.3) is 0 Å². The Morgan fingerprint density at radius 1 is 0.471 bits per heavy atom. The molecule has 3 heteroatoms. The summed E-state index contributed by atoms with van der Waals surface area (Å²) in [6, 6.07) is 35.9. The second-order valence-corrected chi connectivity index (χ2v) is 8.50. The third-order valence-corrected chi connectivity index (χ3v) is 6.54. The summed E-state index contributed by atoms with van der Waals surface area (Å²) in [5.41, 5.74) is 7.21. The van der Waals surface area contributed by atoms with Crippen LogP contribution in [0.25, 0.3) is 65.9 Å². The van der Waals surface area contributed by atoms with Gasteiger partial charge in [0, 0.05) is 33.3 Å². The summed E-state index contributed by atoms with van der Waals surface area (Å²) >= 11 is 0. The van der Waals surface area contributed by atoms with Crippen molar-refractivity contribution in [1.29, 1.82) is 0 Å². The summed E-state index contributed by atoms with van der Waals surface area (Å²) in [4.78, 5) is 14.5. The smallest absolute Gasteiger partial charge is 0.0972 e. The molecule has 0 aliphatic carbocycles. The van der Waals surface area contributed by atoms with Crippen molar-refractivity contribution < 1.29 is 0 Å². The molecule has 0 amide bonds. The van der Waals surface area contributed by atoms with Gasteiger partial charge in [0.1, 0.15) is 0 Å². The Balaban J connectivity index is 1.49. The van der Waals surface area contributed by atoms with E-state index < -0.39 is 0 Å². The van der Waals surface area contributed by atoms with Crippen LogP contribution in [0.1, 0.15) is 0 Å². The number of nitrogens with zero attached hydrogens (tertiary/aromatic N) is 3. The van der Waals surface area contributed by atoms with Gasteiger partial charge >= 0.3 is 0 Å². The fraction of sp³-hybridized carbons (Fsp3) is 0. The van der Waals surface area contributed by atoms with Crippen LogP contribution in [-0.2, 0) is 0 Å². The molecular weight excluding hydrogens is 414 g/mol. The second-order valence-electron chi connectivity index (χ2n) is 8.50. The first-order valence-electron chi connectivity index (χ1n) is 11.4. The normalized spacial score (nSPS) is 11.5. The molecule has 4 aromatic carbocycles. The molecule has 3 nitrogen and oxygen atoms in total. The third-order valence-electron chi connectivity index (χ3n) is 6.54. The maximum absolute atomic E-state index is 5.12. The van der Waals surface area contributed by atoms with Crippen molar-refractivity contribution in [3.8, 4) is 22.4 Å². The molecule has 0 atom stereocenters. The van der Waals surface area contributed by atoms with Crippen LogP contribution < -0.4 is 0 Å². The molecular formula is C31H19N3. The van der Waals surface area contributed by atoms with Gasteiger partial charge in [0.15, 0.2) is 0 Å². The maximum atomic E-state index is 5.12. The highest BCUT2D eigenvalue weighted by molar-refractivity contribution is 6.23. The molecule has 0 saturated heterocycles. The fourth-order valence-corrected chi connectivity index (χ4v) is 4.92. The molecule has 3 heterocycles. The van der Waals surface area contributed by atoms with Crippen LogP contribution in [0.15, 0.2) is 116 Å². The van der Waals surface area contributed by atoms with Gasteiger partial charge < -0.3 is 0 Å². The van der Waals surface area contributed by atoms with Crippen molar-refractivity contribution in [2.24, 2.45) is 0 Å². The first-order valence-corrected chi connectivity index (χ1v) is 11.4. The highest BCUT2D eigenvalue weighted by Gasteiger charge is 2.14. The average molecular weight is 434 g/mol. The Kier molecular flexibility index (Phi) is 4.15. The van der Waals surface area contributed by atoms with Crippen molar-refractivity contribution in [3.63, 3.8) is 0 Å². The molecule has 0 aliphatic rings. The molecule has 7 aromatic rings. The van der Waals surface area contributed by atoms with E-state index in [0.717, 1.165) is 49.4 Å². The van der Waals surface area contributed by atoms with Crippen LogP contribution in [-0.4, -0.2) is 15.0 Å². The molecule has 7 rings (SSSR count). The molecule has 0 saturated carbocycles. The van der Waals surface area contributed by atoms with E-state index in [2.05, 4.69) is 96.0 Å². The Morgan fingerprint density at radius 3 is 2.06 bits per heavy atom. The Hall–Kier alpha value is -4.63. The minimum absolute atomic E-state index is 0.892. The summed E-state index contributed by atoms with van der Waals surface area (Å²) < 4.78 is 0. The highest BCUT2D eigenvalue weighted by atomic mass is 14.8. The van der Waals surface area contributed by atoms with Crippen molar-refractivity contribution >= 4 is 43.5 Å². The summed E-state index contributed by atoms with van der Waals surface area (Å²) in [5.74, 6) is 0. The number of pyridine rings is 3. The minimum atomic E-state index is 0.892.